The highest BCUT2D eigenvalue weighted by Gasteiger charge is 2.20. The van der Waals surface area contributed by atoms with Crippen molar-refractivity contribution in [2.24, 2.45) is 7.05 Å². The van der Waals surface area contributed by atoms with Gasteiger partial charge in [-0.1, -0.05) is 0 Å². The first kappa shape index (κ1) is 11.4. The minimum absolute atomic E-state index is 0.0696. The van der Waals surface area contributed by atoms with Gasteiger partial charge in [-0.3, -0.25) is 23.7 Å². The minimum Gasteiger partial charge on any atom is -0.333 e. The Morgan fingerprint density at radius 3 is 2.05 bits per heavy atom. The van der Waals surface area contributed by atoms with Gasteiger partial charge in [-0.05, 0) is 18.6 Å². The Morgan fingerprint density at radius 2 is 1.42 bits per heavy atom. The van der Waals surface area contributed by atoms with Gasteiger partial charge in [0.2, 0.25) is 0 Å². The zero-order chi connectivity index (χ0) is 14.1. The Kier molecular flexibility index (Phi) is 1.92. The van der Waals surface area contributed by atoms with E-state index < -0.39 is 22.2 Å². The van der Waals surface area contributed by atoms with E-state index >= 15 is 0 Å². The Labute approximate surface area is 104 Å². The van der Waals surface area contributed by atoms with Crippen molar-refractivity contribution >= 4 is 21.5 Å². The van der Waals surface area contributed by atoms with E-state index in [2.05, 4.69) is 0 Å². The van der Waals surface area contributed by atoms with Crippen molar-refractivity contribution < 1.29 is 0 Å². The van der Waals surface area contributed by atoms with Crippen LogP contribution in [0.4, 0.5) is 0 Å². The Morgan fingerprint density at radius 1 is 0.895 bits per heavy atom. The molecule has 0 amide bonds. The minimum atomic E-state index is -0.666. The molecule has 0 unspecified atom stereocenters. The summed E-state index contributed by atoms with van der Waals surface area (Å²) in [4.78, 5) is 47.5. The normalized spacial score (nSPS) is 11.7. The fourth-order valence-corrected chi connectivity index (χ4v) is 2.49. The summed E-state index contributed by atoms with van der Waals surface area (Å²) in [6.07, 6.45) is 0. The second kappa shape index (κ2) is 3.19. The van der Waals surface area contributed by atoms with E-state index in [-0.39, 0.29) is 21.5 Å². The van der Waals surface area contributed by atoms with Crippen molar-refractivity contribution in [2.45, 2.75) is 6.92 Å². The molecule has 3 rings (SSSR count). The van der Waals surface area contributed by atoms with Crippen LogP contribution in [0.1, 0.15) is 5.56 Å². The van der Waals surface area contributed by atoms with Crippen LogP contribution in [0, 0.1) is 6.92 Å². The van der Waals surface area contributed by atoms with Crippen molar-refractivity contribution in [2.75, 3.05) is 5.84 Å². The van der Waals surface area contributed by atoms with E-state index in [0.29, 0.717) is 10.2 Å². The lowest BCUT2D eigenvalue weighted by Gasteiger charge is -1.95. The number of nitrogen functional groups attached to an aromatic ring is 1. The first-order valence-corrected chi connectivity index (χ1v) is 5.49. The molecule has 2 N–H and O–H groups in total. The molecule has 7 nitrogen and oxygen atoms in total. The van der Waals surface area contributed by atoms with Gasteiger partial charge >= 0.3 is 0 Å². The summed E-state index contributed by atoms with van der Waals surface area (Å²) in [7, 11) is 1.36. The number of hydrogen-bond acceptors (Lipinski definition) is 5. The molecule has 7 heteroatoms. The third kappa shape index (κ3) is 1.11. The largest absolute Gasteiger partial charge is 0.333 e. The van der Waals surface area contributed by atoms with E-state index in [4.69, 9.17) is 5.84 Å². The fourth-order valence-electron chi connectivity index (χ4n) is 2.49. The molecule has 0 saturated carbocycles. The van der Waals surface area contributed by atoms with E-state index in [1.807, 2.05) is 0 Å². The quantitative estimate of drug-likeness (QED) is 0.493. The smallest absolute Gasteiger partial charge is 0.280 e. The lowest BCUT2D eigenvalue weighted by molar-refractivity contribution is 0.856. The molecule has 0 bridgehead atoms. The Hall–Kier alpha value is -2.70. The van der Waals surface area contributed by atoms with Gasteiger partial charge in [0.15, 0.2) is 0 Å². The average Bonchev–Trinajstić information content (AvgIpc) is 2.73. The van der Waals surface area contributed by atoms with E-state index in [9.17, 15) is 19.2 Å². The third-order valence-corrected chi connectivity index (χ3v) is 3.51. The van der Waals surface area contributed by atoms with Crippen molar-refractivity contribution in [3.63, 3.8) is 0 Å². The van der Waals surface area contributed by atoms with Gasteiger partial charge < -0.3 is 5.84 Å². The molecule has 0 spiro atoms. The van der Waals surface area contributed by atoms with E-state index in [0.717, 1.165) is 4.57 Å². The van der Waals surface area contributed by atoms with E-state index in [1.54, 1.807) is 0 Å². The molecule has 0 aliphatic heterocycles. The number of rotatable bonds is 0. The lowest BCUT2D eigenvalue weighted by Crippen LogP contribution is -2.32. The highest BCUT2D eigenvalue weighted by atomic mass is 16.2. The van der Waals surface area contributed by atoms with Crippen molar-refractivity contribution in [3.05, 3.63) is 53.0 Å². The van der Waals surface area contributed by atoms with Crippen LogP contribution in [0.25, 0.3) is 21.5 Å². The molecule has 2 heterocycles. The zero-order valence-corrected chi connectivity index (χ0v) is 10.2. The van der Waals surface area contributed by atoms with Gasteiger partial charge in [0.25, 0.3) is 22.2 Å². The van der Waals surface area contributed by atoms with Crippen LogP contribution >= 0.6 is 0 Å². The number of nitrogens with zero attached hydrogens (tertiary/aromatic N) is 2. The first-order chi connectivity index (χ1) is 8.86. The number of hydrogen-bond donors (Lipinski definition) is 1. The second-order valence-electron chi connectivity index (χ2n) is 4.50. The summed E-state index contributed by atoms with van der Waals surface area (Å²) >= 11 is 0. The summed E-state index contributed by atoms with van der Waals surface area (Å²) in [6.45, 7) is 1.53. The zero-order valence-electron chi connectivity index (χ0n) is 10.2. The standard InChI is InChI=1S/C12H9N3O4/c1-4-7-5(9(16)14(2)11(7)18)3-6-8(4)12(19)15(13)10(6)17/h3H,13H2,1-2H3. The molecule has 1 aromatic carbocycles. The second-order valence-corrected chi connectivity index (χ2v) is 4.50. The van der Waals surface area contributed by atoms with Gasteiger partial charge in [0.05, 0.1) is 21.5 Å². The van der Waals surface area contributed by atoms with Gasteiger partial charge in [-0.2, -0.15) is 4.68 Å². The molecule has 0 fully saturated rings. The fraction of sp³-hybridized carbons (Fsp3) is 0.167. The van der Waals surface area contributed by atoms with Crippen molar-refractivity contribution in [1.82, 2.24) is 9.24 Å². The molecule has 0 saturated heterocycles. The van der Waals surface area contributed by atoms with Crippen molar-refractivity contribution in [3.8, 4) is 0 Å². The Bertz CT molecular complexity index is 979. The first-order valence-electron chi connectivity index (χ1n) is 5.49. The number of fused-ring (bicyclic) bond motifs is 2. The third-order valence-electron chi connectivity index (χ3n) is 3.51. The summed E-state index contributed by atoms with van der Waals surface area (Å²) in [6, 6.07) is 1.27. The van der Waals surface area contributed by atoms with Crippen molar-refractivity contribution in [1.29, 1.82) is 0 Å². The van der Waals surface area contributed by atoms with Gasteiger partial charge in [-0.25, -0.2) is 0 Å². The molecule has 0 aliphatic rings. The number of benzene rings is 1. The molecule has 19 heavy (non-hydrogen) atoms. The summed E-state index contributed by atoms with van der Waals surface area (Å²) in [5.41, 5.74) is -1.96. The molecule has 0 atom stereocenters. The maximum atomic E-state index is 12.0. The molecule has 96 valence electrons. The lowest BCUT2D eigenvalue weighted by atomic mass is 10.0. The van der Waals surface area contributed by atoms with Crippen LogP contribution in [-0.2, 0) is 7.05 Å². The number of nitrogens with two attached hydrogens (primary N) is 1. The SMILES string of the molecule is Cc1c2c(=O)n(C)c(=O)c2cc2c(=O)n(N)c(=O)c12. The van der Waals surface area contributed by atoms with Crippen LogP contribution in [0.5, 0.6) is 0 Å². The molecule has 2 aromatic heterocycles. The number of aryl methyl sites for hydroxylation is 1. The van der Waals surface area contributed by atoms with Gasteiger partial charge in [0, 0.05) is 7.05 Å². The molecular formula is C12H9N3O4. The topological polar surface area (TPSA) is 104 Å². The maximum absolute atomic E-state index is 12.0. The monoisotopic (exact) mass is 259 g/mol. The average molecular weight is 259 g/mol. The highest BCUT2D eigenvalue weighted by molar-refractivity contribution is 6.01. The summed E-state index contributed by atoms with van der Waals surface area (Å²) in [5, 5.41) is 0.478. The molecular weight excluding hydrogens is 250 g/mol. The molecule has 3 aromatic rings. The predicted octanol–water partition coefficient (Wildman–Crippen LogP) is -1.53. The summed E-state index contributed by atoms with van der Waals surface area (Å²) < 4.78 is 1.45. The van der Waals surface area contributed by atoms with Crippen LogP contribution in [0.2, 0.25) is 0 Å². The van der Waals surface area contributed by atoms with E-state index in [1.165, 1.54) is 20.0 Å². The van der Waals surface area contributed by atoms with Gasteiger partial charge in [-0.15, -0.1) is 0 Å². The predicted molar refractivity (Wildman–Crippen MR) is 70.8 cm³/mol. The van der Waals surface area contributed by atoms with Crippen LogP contribution in [0.3, 0.4) is 0 Å². The highest BCUT2D eigenvalue weighted by Crippen LogP contribution is 2.19. The maximum Gasteiger partial charge on any atom is 0.280 e. The molecule has 0 aliphatic carbocycles. The van der Waals surface area contributed by atoms with Crippen LogP contribution < -0.4 is 28.1 Å². The van der Waals surface area contributed by atoms with Crippen LogP contribution in [0.15, 0.2) is 25.2 Å². The molecule has 0 radical (unpaired) electrons. The van der Waals surface area contributed by atoms with Gasteiger partial charge in [0.1, 0.15) is 0 Å². The number of aromatic nitrogens is 2. The van der Waals surface area contributed by atoms with Crippen LogP contribution in [-0.4, -0.2) is 9.24 Å². The summed E-state index contributed by atoms with van der Waals surface area (Å²) in [5.74, 6) is 5.35. The Balaban J connectivity index is 2.86.